The zero-order valence-corrected chi connectivity index (χ0v) is 5.98. The van der Waals surface area contributed by atoms with E-state index in [-0.39, 0.29) is 12.2 Å². The highest BCUT2D eigenvalue weighted by Gasteiger charge is 2.02. The number of hydrogen-bond donors (Lipinski definition) is 0. The molecule has 0 aromatic carbocycles. The van der Waals surface area contributed by atoms with Crippen LogP contribution in [-0.2, 0) is 4.79 Å². The number of alkyl halides is 1. The van der Waals surface area contributed by atoms with Crippen LogP contribution in [0, 0.1) is 5.92 Å². The number of ketones is 1. The second-order valence-electron chi connectivity index (χ2n) is 2.58. The van der Waals surface area contributed by atoms with Gasteiger partial charge in [-0.1, -0.05) is 13.8 Å². The standard InChI is InChI=1S/C7H13FO/c1-6(2)5-7(9)3-4-8/h6H,3-5H2,1-2H3. The molecule has 0 rings (SSSR count). The smallest absolute Gasteiger partial charge is 0.135 e. The van der Waals surface area contributed by atoms with Crippen LogP contribution in [0.15, 0.2) is 0 Å². The first-order valence-corrected chi connectivity index (χ1v) is 3.24. The van der Waals surface area contributed by atoms with Crippen molar-refractivity contribution in [1.82, 2.24) is 0 Å². The predicted octanol–water partition coefficient (Wildman–Crippen LogP) is 1.96. The maximum Gasteiger partial charge on any atom is 0.135 e. The first kappa shape index (κ1) is 8.60. The van der Waals surface area contributed by atoms with Gasteiger partial charge in [-0.15, -0.1) is 0 Å². The van der Waals surface area contributed by atoms with E-state index in [2.05, 4.69) is 0 Å². The van der Waals surface area contributed by atoms with Crippen molar-refractivity contribution in [3.63, 3.8) is 0 Å². The Morgan fingerprint density at radius 3 is 2.44 bits per heavy atom. The van der Waals surface area contributed by atoms with Gasteiger partial charge in [0.2, 0.25) is 0 Å². The minimum Gasteiger partial charge on any atom is -0.300 e. The summed E-state index contributed by atoms with van der Waals surface area (Å²) in [7, 11) is 0. The zero-order chi connectivity index (χ0) is 7.28. The average molecular weight is 132 g/mol. The van der Waals surface area contributed by atoms with E-state index in [1.54, 1.807) is 0 Å². The molecule has 0 amide bonds. The monoisotopic (exact) mass is 132 g/mol. The lowest BCUT2D eigenvalue weighted by Gasteiger charge is -1.99. The number of halogens is 1. The molecule has 0 bridgehead atoms. The molecule has 0 aliphatic heterocycles. The van der Waals surface area contributed by atoms with E-state index in [0.717, 1.165) is 0 Å². The minimum absolute atomic E-state index is 0.0347. The number of carbonyl (C=O) groups is 1. The molecule has 9 heavy (non-hydrogen) atoms. The molecule has 0 heterocycles. The molecular weight excluding hydrogens is 119 g/mol. The Hall–Kier alpha value is -0.400. The molecule has 0 saturated heterocycles. The molecule has 0 radical (unpaired) electrons. The van der Waals surface area contributed by atoms with Crippen LogP contribution in [0.5, 0.6) is 0 Å². The zero-order valence-electron chi connectivity index (χ0n) is 5.98. The first-order valence-electron chi connectivity index (χ1n) is 3.24. The molecule has 2 heteroatoms. The Morgan fingerprint density at radius 2 is 2.11 bits per heavy atom. The van der Waals surface area contributed by atoms with Crippen LogP contribution in [0.1, 0.15) is 26.7 Å². The molecule has 0 N–H and O–H groups in total. The highest BCUT2D eigenvalue weighted by molar-refractivity contribution is 5.78. The minimum atomic E-state index is -0.508. The van der Waals surface area contributed by atoms with E-state index in [1.807, 2.05) is 13.8 Å². The predicted molar refractivity (Wildman–Crippen MR) is 35.1 cm³/mol. The van der Waals surface area contributed by atoms with Crippen LogP contribution in [0.3, 0.4) is 0 Å². The average Bonchev–Trinajstić information content (AvgIpc) is 1.63. The fraction of sp³-hybridized carbons (Fsp3) is 0.857. The Balaban J connectivity index is 3.27. The van der Waals surface area contributed by atoms with Crippen LogP contribution in [0.2, 0.25) is 0 Å². The van der Waals surface area contributed by atoms with Crippen molar-refractivity contribution in [2.45, 2.75) is 26.7 Å². The van der Waals surface area contributed by atoms with E-state index in [9.17, 15) is 9.18 Å². The number of Topliss-reactive ketones (excluding diaryl/α,β-unsaturated/α-hetero) is 1. The van der Waals surface area contributed by atoms with Crippen molar-refractivity contribution in [2.75, 3.05) is 6.67 Å². The Kier molecular flexibility index (Phi) is 4.28. The van der Waals surface area contributed by atoms with Crippen LogP contribution < -0.4 is 0 Å². The number of carbonyl (C=O) groups excluding carboxylic acids is 1. The van der Waals surface area contributed by atoms with Crippen molar-refractivity contribution in [3.05, 3.63) is 0 Å². The van der Waals surface area contributed by atoms with Gasteiger partial charge < -0.3 is 0 Å². The lowest BCUT2D eigenvalue weighted by atomic mass is 10.1. The fourth-order valence-electron chi connectivity index (χ4n) is 0.663. The molecule has 0 fully saturated rings. The van der Waals surface area contributed by atoms with Gasteiger partial charge in [-0.05, 0) is 5.92 Å². The molecule has 0 spiro atoms. The molecule has 0 atom stereocenters. The van der Waals surface area contributed by atoms with Gasteiger partial charge in [0, 0.05) is 12.8 Å². The van der Waals surface area contributed by atoms with Crippen LogP contribution in [0.25, 0.3) is 0 Å². The molecule has 0 aliphatic rings. The summed E-state index contributed by atoms with van der Waals surface area (Å²) in [4.78, 5) is 10.6. The van der Waals surface area contributed by atoms with Gasteiger partial charge in [-0.3, -0.25) is 9.18 Å². The molecule has 0 aromatic heterocycles. The van der Waals surface area contributed by atoms with Gasteiger partial charge in [0.05, 0.1) is 6.67 Å². The lowest BCUT2D eigenvalue weighted by molar-refractivity contribution is -0.119. The van der Waals surface area contributed by atoms with Crippen molar-refractivity contribution >= 4 is 5.78 Å². The molecule has 54 valence electrons. The van der Waals surface area contributed by atoms with Crippen LogP contribution in [-0.4, -0.2) is 12.5 Å². The summed E-state index contributed by atoms with van der Waals surface area (Å²) in [6.45, 7) is 3.40. The second kappa shape index (κ2) is 4.48. The third-order valence-electron chi connectivity index (χ3n) is 1.01. The molecule has 0 unspecified atom stereocenters. The molecule has 0 aliphatic carbocycles. The van der Waals surface area contributed by atoms with Crippen molar-refractivity contribution in [2.24, 2.45) is 5.92 Å². The Morgan fingerprint density at radius 1 is 1.56 bits per heavy atom. The summed E-state index contributed by atoms with van der Waals surface area (Å²) < 4.78 is 11.5. The number of rotatable bonds is 4. The van der Waals surface area contributed by atoms with Gasteiger partial charge in [-0.2, -0.15) is 0 Å². The SMILES string of the molecule is CC(C)CC(=O)CCF. The normalized spacial score (nSPS) is 10.2. The van der Waals surface area contributed by atoms with Gasteiger partial charge in [-0.25, -0.2) is 0 Å². The van der Waals surface area contributed by atoms with E-state index in [1.165, 1.54) is 0 Å². The first-order chi connectivity index (χ1) is 4.16. The van der Waals surface area contributed by atoms with Gasteiger partial charge in [0.15, 0.2) is 0 Å². The third-order valence-corrected chi connectivity index (χ3v) is 1.01. The largest absolute Gasteiger partial charge is 0.300 e. The topological polar surface area (TPSA) is 17.1 Å². The lowest BCUT2D eigenvalue weighted by Crippen LogP contribution is -2.02. The van der Waals surface area contributed by atoms with Crippen LogP contribution >= 0.6 is 0 Å². The van der Waals surface area contributed by atoms with Gasteiger partial charge in [0.25, 0.3) is 0 Å². The summed E-state index contributed by atoms with van der Waals surface area (Å²) in [5.41, 5.74) is 0. The van der Waals surface area contributed by atoms with Crippen molar-refractivity contribution in [3.8, 4) is 0 Å². The fourth-order valence-corrected chi connectivity index (χ4v) is 0.663. The molecule has 1 nitrogen and oxygen atoms in total. The summed E-state index contributed by atoms with van der Waals surface area (Å²) in [5, 5.41) is 0. The third kappa shape index (κ3) is 5.47. The van der Waals surface area contributed by atoms with Gasteiger partial charge in [0.1, 0.15) is 5.78 Å². The van der Waals surface area contributed by atoms with E-state index in [0.29, 0.717) is 12.3 Å². The molecule has 0 saturated carbocycles. The van der Waals surface area contributed by atoms with Crippen molar-refractivity contribution < 1.29 is 9.18 Å². The highest BCUT2D eigenvalue weighted by Crippen LogP contribution is 2.01. The quantitative estimate of drug-likeness (QED) is 0.571. The van der Waals surface area contributed by atoms with Crippen molar-refractivity contribution in [1.29, 1.82) is 0 Å². The Bertz CT molecular complexity index is 88.9. The van der Waals surface area contributed by atoms with Crippen LogP contribution in [0.4, 0.5) is 4.39 Å². The summed E-state index contributed by atoms with van der Waals surface area (Å²) in [6.07, 6.45) is 0.613. The van der Waals surface area contributed by atoms with E-state index in [4.69, 9.17) is 0 Å². The maximum absolute atomic E-state index is 11.5. The summed E-state index contributed by atoms with van der Waals surface area (Å²) >= 11 is 0. The summed E-state index contributed by atoms with van der Waals surface area (Å²) in [5.74, 6) is 0.400. The van der Waals surface area contributed by atoms with Gasteiger partial charge >= 0.3 is 0 Å². The highest BCUT2D eigenvalue weighted by atomic mass is 19.1. The molecular formula is C7H13FO. The van der Waals surface area contributed by atoms with E-state index >= 15 is 0 Å². The Labute approximate surface area is 55.3 Å². The molecule has 0 aromatic rings. The summed E-state index contributed by atoms with van der Waals surface area (Å²) in [6, 6.07) is 0. The number of hydrogen-bond acceptors (Lipinski definition) is 1. The maximum atomic E-state index is 11.5. The van der Waals surface area contributed by atoms with E-state index < -0.39 is 6.67 Å². The second-order valence-corrected chi connectivity index (χ2v) is 2.58.